The summed E-state index contributed by atoms with van der Waals surface area (Å²) in [6, 6.07) is 1.77. The van der Waals surface area contributed by atoms with E-state index in [9.17, 15) is 4.39 Å². The predicted octanol–water partition coefficient (Wildman–Crippen LogP) is 5.18. The smallest absolute Gasteiger partial charge is 0.339 e. The number of unbranched alkanes of at least 4 members (excludes halogenated alkanes) is 5. The predicted molar refractivity (Wildman–Crippen MR) is 77.7 cm³/mol. The van der Waals surface area contributed by atoms with Gasteiger partial charge in [0.15, 0.2) is 6.36 Å². The van der Waals surface area contributed by atoms with E-state index in [4.69, 9.17) is 8.85 Å². The molecule has 0 saturated heterocycles. The van der Waals surface area contributed by atoms with Crippen LogP contribution in [0.2, 0.25) is 12.1 Å². The molecule has 0 aromatic rings. The van der Waals surface area contributed by atoms with Gasteiger partial charge in [0.25, 0.3) is 0 Å². The van der Waals surface area contributed by atoms with Gasteiger partial charge in [0.2, 0.25) is 0 Å². The van der Waals surface area contributed by atoms with E-state index in [-0.39, 0.29) is 0 Å². The van der Waals surface area contributed by atoms with E-state index in [0.29, 0.717) is 6.61 Å². The molecule has 0 aromatic heterocycles. The Morgan fingerprint density at radius 3 is 2.11 bits per heavy atom. The molecular formula is C14H31FO2Si. The van der Waals surface area contributed by atoms with Crippen LogP contribution in [0.1, 0.15) is 66.2 Å². The van der Waals surface area contributed by atoms with E-state index in [1.807, 2.05) is 6.92 Å². The van der Waals surface area contributed by atoms with E-state index >= 15 is 0 Å². The van der Waals surface area contributed by atoms with Crippen LogP contribution in [0, 0.1) is 0 Å². The van der Waals surface area contributed by atoms with Crippen molar-refractivity contribution in [1.29, 1.82) is 0 Å². The Balaban J connectivity index is 3.99. The van der Waals surface area contributed by atoms with Crippen molar-refractivity contribution >= 4 is 8.56 Å². The van der Waals surface area contributed by atoms with Crippen LogP contribution in [0.25, 0.3) is 0 Å². The zero-order valence-corrected chi connectivity index (χ0v) is 13.6. The summed E-state index contributed by atoms with van der Waals surface area (Å²) in [5, 5.41) is 0. The van der Waals surface area contributed by atoms with Gasteiger partial charge in [-0.1, -0.05) is 52.4 Å². The maximum atomic E-state index is 13.1. The van der Waals surface area contributed by atoms with E-state index < -0.39 is 14.9 Å². The van der Waals surface area contributed by atoms with Crippen molar-refractivity contribution in [2.24, 2.45) is 0 Å². The maximum Gasteiger partial charge on any atom is 0.339 e. The van der Waals surface area contributed by atoms with Crippen LogP contribution in [0.15, 0.2) is 0 Å². The van der Waals surface area contributed by atoms with Crippen molar-refractivity contribution in [3.05, 3.63) is 0 Å². The lowest BCUT2D eigenvalue weighted by molar-refractivity contribution is 0.0368. The van der Waals surface area contributed by atoms with Gasteiger partial charge >= 0.3 is 8.56 Å². The molecule has 0 heterocycles. The number of hydrogen-bond donors (Lipinski definition) is 0. The summed E-state index contributed by atoms with van der Waals surface area (Å²) in [4.78, 5) is 0. The monoisotopic (exact) mass is 278 g/mol. The van der Waals surface area contributed by atoms with E-state index in [0.717, 1.165) is 18.5 Å². The standard InChI is InChI=1S/C14H31FO2Si/c1-5-8-9-10-11-12-13-18(7-3,16-6-2)17-14(4)15/h14H,5-13H2,1-4H3. The van der Waals surface area contributed by atoms with Gasteiger partial charge < -0.3 is 8.85 Å². The Morgan fingerprint density at radius 1 is 1.00 bits per heavy atom. The SMILES string of the molecule is CCCCCCCC[Si](CC)(OCC)OC(C)F. The van der Waals surface area contributed by atoms with Crippen LogP contribution in [0.3, 0.4) is 0 Å². The minimum Gasteiger partial charge on any atom is -0.394 e. The normalized spacial score (nSPS) is 16.5. The molecule has 0 aliphatic carbocycles. The Bertz CT molecular complexity index is 191. The lowest BCUT2D eigenvalue weighted by Gasteiger charge is -2.30. The average molecular weight is 278 g/mol. The summed E-state index contributed by atoms with van der Waals surface area (Å²) >= 11 is 0. The lowest BCUT2D eigenvalue weighted by Crippen LogP contribution is -2.43. The summed E-state index contributed by atoms with van der Waals surface area (Å²) in [7, 11) is -2.28. The second-order valence-electron chi connectivity index (χ2n) is 4.88. The fourth-order valence-electron chi connectivity index (χ4n) is 2.26. The second-order valence-corrected chi connectivity index (χ2v) is 8.43. The van der Waals surface area contributed by atoms with Gasteiger partial charge in [0, 0.05) is 6.61 Å². The minimum atomic E-state index is -2.28. The Morgan fingerprint density at radius 2 is 1.61 bits per heavy atom. The molecule has 2 unspecified atom stereocenters. The van der Waals surface area contributed by atoms with Crippen molar-refractivity contribution in [2.75, 3.05) is 6.61 Å². The molecule has 4 heteroatoms. The molecule has 18 heavy (non-hydrogen) atoms. The molecule has 0 aromatic carbocycles. The first-order valence-electron chi connectivity index (χ1n) is 7.56. The molecule has 0 spiro atoms. The number of hydrogen-bond acceptors (Lipinski definition) is 2. The maximum absolute atomic E-state index is 13.1. The van der Waals surface area contributed by atoms with Crippen LogP contribution in [-0.2, 0) is 8.85 Å². The van der Waals surface area contributed by atoms with E-state index in [1.54, 1.807) is 0 Å². The summed E-state index contributed by atoms with van der Waals surface area (Å²) in [6.45, 7) is 8.33. The second kappa shape index (κ2) is 10.9. The van der Waals surface area contributed by atoms with Crippen molar-refractivity contribution in [3.63, 3.8) is 0 Å². The third kappa shape index (κ3) is 8.22. The fourth-order valence-corrected chi connectivity index (χ4v) is 5.22. The molecule has 0 rings (SSSR count). The first-order valence-corrected chi connectivity index (χ1v) is 9.79. The van der Waals surface area contributed by atoms with Crippen LogP contribution < -0.4 is 0 Å². The molecule has 2 atom stereocenters. The highest BCUT2D eigenvalue weighted by atomic mass is 28.4. The lowest BCUT2D eigenvalue weighted by atomic mass is 10.1. The number of rotatable bonds is 12. The van der Waals surface area contributed by atoms with E-state index in [1.165, 1.54) is 39.0 Å². The van der Waals surface area contributed by atoms with Crippen LogP contribution in [0.4, 0.5) is 4.39 Å². The summed E-state index contributed by atoms with van der Waals surface area (Å²) in [6.07, 6.45) is 6.30. The van der Waals surface area contributed by atoms with Crippen LogP contribution in [-0.4, -0.2) is 21.5 Å². The molecule has 0 saturated carbocycles. The zero-order chi connectivity index (χ0) is 13.9. The highest BCUT2D eigenvalue weighted by molar-refractivity contribution is 6.67. The zero-order valence-electron chi connectivity index (χ0n) is 12.6. The van der Waals surface area contributed by atoms with Crippen LogP contribution in [0.5, 0.6) is 0 Å². The van der Waals surface area contributed by atoms with Gasteiger partial charge in [0.1, 0.15) is 0 Å². The molecule has 2 nitrogen and oxygen atoms in total. The molecule has 0 bridgehead atoms. The van der Waals surface area contributed by atoms with Gasteiger partial charge in [-0.25, -0.2) is 4.39 Å². The van der Waals surface area contributed by atoms with Crippen molar-refractivity contribution in [2.45, 2.75) is 84.7 Å². The third-order valence-corrected chi connectivity index (χ3v) is 7.00. The summed E-state index contributed by atoms with van der Waals surface area (Å²) in [5.41, 5.74) is 0. The molecule has 110 valence electrons. The Hall–Kier alpha value is 0.0669. The molecule has 0 aliphatic heterocycles. The van der Waals surface area contributed by atoms with Crippen LogP contribution >= 0.6 is 0 Å². The quantitative estimate of drug-likeness (QED) is 0.362. The van der Waals surface area contributed by atoms with Gasteiger partial charge in [-0.05, 0) is 25.9 Å². The van der Waals surface area contributed by atoms with Gasteiger partial charge in [0.05, 0.1) is 0 Å². The molecule has 0 fully saturated rings. The van der Waals surface area contributed by atoms with Gasteiger partial charge in [-0.15, -0.1) is 0 Å². The molecule has 0 aliphatic rings. The Kier molecular flexibility index (Phi) is 11.0. The Labute approximate surface area is 114 Å². The van der Waals surface area contributed by atoms with E-state index in [2.05, 4.69) is 13.8 Å². The number of halogens is 1. The highest BCUT2D eigenvalue weighted by Crippen LogP contribution is 2.24. The van der Waals surface area contributed by atoms with Crippen molar-refractivity contribution < 1.29 is 13.2 Å². The number of alkyl halides is 1. The minimum absolute atomic E-state index is 0.628. The molecule has 0 N–H and O–H groups in total. The molecular weight excluding hydrogens is 247 g/mol. The van der Waals surface area contributed by atoms with Gasteiger partial charge in [-0.3, -0.25) is 0 Å². The first kappa shape index (κ1) is 18.1. The third-order valence-electron chi connectivity index (χ3n) is 3.23. The topological polar surface area (TPSA) is 18.5 Å². The first-order chi connectivity index (χ1) is 8.60. The largest absolute Gasteiger partial charge is 0.394 e. The van der Waals surface area contributed by atoms with Crippen molar-refractivity contribution in [3.8, 4) is 0 Å². The highest BCUT2D eigenvalue weighted by Gasteiger charge is 2.36. The fraction of sp³-hybridized carbons (Fsp3) is 1.00. The van der Waals surface area contributed by atoms with Crippen molar-refractivity contribution in [1.82, 2.24) is 0 Å². The van der Waals surface area contributed by atoms with Gasteiger partial charge in [-0.2, -0.15) is 0 Å². The average Bonchev–Trinajstić information content (AvgIpc) is 2.33. The summed E-state index contributed by atoms with van der Waals surface area (Å²) in [5.74, 6) is 0. The summed E-state index contributed by atoms with van der Waals surface area (Å²) < 4.78 is 24.4. The molecule has 0 amide bonds. The molecule has 0 radical (unpaired) electrons.